The third-order valence-electron chi connectivity index (χ3n) is 2.30. The number of aliphatic carboxylic acids is 1. The number of nitrogens with one attached hydrogen (secondary N) is 1. The molecular formula is C12H15NO4. The summed E-state index contributed by atoms with van der Waals surface area (Å²) in [6, 6.07) is 9.08. The van der Waals surface area contributed by atoms with E-state index in [0.29, 0.717) is 0 Å². The molecule has 0 heterocycles. The summed E-state index contributed by atoms with van der Waals surface area (Å²) in [6.07, 6.45) is 0.163. The summed E-state index contributed by atoms with van der Waals surface area (Å²) in [7, 11) is 0. The summed E-state index contributed by atoms with van der Waals surface area (Å²) in [4.78, 5) is 22.1. The van der Waals surface area contributed by atoms with E-state index in [1.807, 2.05) is 18.2 Å². The van der Waals surface area contributed by atoms with Crippen molar-refractivity contribution in [3.05, 3.63) is 35.9 Å². The van der Waals surface area contributed by atoms with Gasteiger partial charge >= 0.3 is 5.97 Å². The Morgan fingerprint density at radius 1 is 1.29 bits per heavy atom. The quantitative estimate of drug-likeness (QED) is 0.682. The number of aliphatic hydroxyl groups is 1. The number of amides is 1. The molecule has 0 aliphatic heterocycles. The van der Waals surface area contributed by atoms with Gasteiger partial charge in [-0.15, -0.1) is 0 Å². The Morgan fingerprint density at radius 2 is 1.88 bits per heavy atom. The van der Waals surface area contributed by atoms with E-state index >= 15 is 0 Å². The SMILES string of the molecule is CC(O)(CNC(=O)Cc1ccccc1)C(=O)O. The van der Waals surface area contributed by atoms with Gasteiger partial charge in [-0.05, 0) is 12.5 Å². The first-order valence-corrected chi connectivity index (χ1v) is 5.18. The zero-order valence-corrected chi connectivity index (χ0v) is 9.51. The third kappa shape index (κ3) is 4.24. The number of hydrogen-bond donors (Lipinski definition) is 3. The Labute approximate surface area is 99.1 Å². The van der Waals surface area contributed by atoms with Gasteiger partial charge in [0.15, 0.2) is 5.60 Å². The van der Waals surface area contributed by atoms with Crippen LogP contribution in [0.3, 0.4) is 0 Å². The molecule has 0 bridgehead atoms. The summed E-state index contributed by atoms with van der Waals surface area (Å²) < 4.78 is 0. The number of benzene rings is 1. The highest BCUT2D eigenvalue weighted by molar-refractivity contribution is 5.81. The third-order valence-corrected chi connectivity index (χ3v) is 2.30. The van der Waals surface area contributed by atoms with E-state index in [9.17, 15) is 14.7 Å². The van der Waals surface area contributed by atoms with Crippen molar-refractivity contribution in [1.29, 1.82) is 0 Å². The predicted molar refractivity (Wildman–Crippen MR) is 61.4 cm³/mol. The van der Waals surface area contributed by atoms with Crippen molar-refractivity contribution in [3.8, 4) is 0 Å². The van der Waals surface area contributed by atoms with Crippen LogP contribution in [0.25, 0.3) is 0 Å². The molecule has 1 amide bonds. The second-order valence-corrected chi connectivity index (χ2v) is 4.02. The molecule has 0 aliphatic carbocycles. The molecule has 1 aromatic carbocycles. The van der Waals surface area contributed by atoms with Crippen molar-refractivity contribution < 1.29 is 19.8 Å². The maximum atomic E-state index is 11.5. The lowest BCUT2D eigenvalue weighted by molar-refractivity contribution is -0.156. The fourth-order valence-corrected chi connectivity index (χ4v) is 1.19. The van der Waals surface area contributed by atoms with Crippen LogP contribution in [0.4, 0.5) is 0 Å². The van der Waals surface area contributed by atoms with Gasteiger partial charge in [-0.25, -0.2) is 4.79 Å². The molecule has 1 unspecified atom stereocenters. The second-order valence-electron chi connectivity index (χ2n) is 4.02. The van der Waals surface area contributed by atoms with Crippen LogP contribution >= 0.6 is 0 Å². The minimum atomic E-state index is -1.94. The van der Waals surface area contributed by atoms with Gasteiger partial charge in [0.1, 0.15) is 0 Å². The Morgan fingerprint density at radius 3 is 2.41 bits per heavy atom. The highest BCUT2D eigenvalue weighted by atomic mass is 16.4. The van der Waals surface area contributed by atoms with Gasteiger partial charge in [-0.2, -0.15) is 0 Å². The molecule has 0 aliphatic rings. The Bertz CT molecular complexity index is 400. The van der Waals surface area contributed by atoms with Crippen molar-refractivity contribution in [2.24, 2.45) is 0 Å². The van der Waals surface area contributed by atoms with E-state index in [4.69, 9.17) is 5.11 Å². The number of carboxylic acids is 1. The van der Waals surface area contributed by atoms with Crippen LogP contribution in [0.15, 0.2) is 30.3 Å². The highest BCUT2D eigenvalue weighted by Gasteiger charge is 2.30. The molecule has 0 saturated heterocycles. The molecule has 1 atom stereocenters. The molecule has 0 saturated carbocycles. The number of carboxylic acid groups (broad SMARTS) is 1. The topological polar surface area (TPSA) is 86.6 Å². The molecule has 0 spiro atoms. The molecule has 17 heavy (non-hydrogen) atoms. The van der Waals surface area contributed by atoms with Crippen LogP contribution in [-0.4, -0.2) is 34.2 Å². The van der Waals surface area contributed by atoms with Gasteiger partial charge in [0, 0.05) is 0 Å². The summed E-state index contributed by atoms with van der Waals surface area (Å²) in [5, 5.41) is 20.4. The summed E-state index contributed by atoms with van der Waals surface area (Å²) in [5.74, 6) is -1.68. The minimum Gasteiger partial charge on any atom is -0.479 e. The zero-order valence-electron chi connectivity index (χ0n) is 9.51. The van der Waals surface area contributed by atoms with Crippen LogP contribution in [0.1, 0.15) is 12.5 Å². The minimum absolute atomic E-state index is 0.163. The largest absolute Gasteiger partial charge is 0.479 e. The molecule has 0 aromatic heterocycles. The molecule has 5 heteroatoms. The lowest BCUT2D eigenvalue weighted by Crippen LogP contribution is -2.46. The van der Waals surface area contributed by atoms with E-state index < -0.39 is 11.6 Å². The summed E-state index contributed by atoms with van der Waals surface area (Å²) in [5.41, 5.74) is -1.10. The van der Waals surface area contributed by atoms with E-state index in [1.165, 1.54) is 0 Å². The molecule has 0 radical (unpaired) electrons. The van der Waals surface area contributed by atoms with Crippen LogP contribution in [-0.2, 0) is 16.0 Å². The average molecular weight is 237 g/mol. The van der Waals surface area contributed by atoms with Gasteiger partial charge in [0.25, 0.3) is 0 Å². The van der Waals surface area contributed by atoms with Gasteiger partial charge in [0.05, 0.1) is 13.0 Å². The van der Waals surface area contributed by atoms with Gasteiger partial charge in [0.2, 0.25) is 5.91 Å². The summed E-state index contributed by atoms with van der Waals surface area (Å²) >= 11 is 0. The normalized spacial score (nSPS) is 13.8. The number of rotatable bonds is 5. The van der Waals surface area contributed by atoms with Crippen LogP contribution in [0.5, 0.6) is 0 Å². The first kappa shape index (κ1) is 13.2. The van der Waals surface area contributed by atoms with E-state index in [0.717, 1.165) is 12.5 Å². The molecule has 1 aromatic rings. The zero-order chi connectivity index (χ0) is 12.9. The van der Waals surface area contributed by atoms with Gasteiger partial charge < -0.3 is 15.5 Å². The smallest absolute Gasteiger partial charge is 0.337 e. The van der Waals surface area contributed by atoms with Crippen LogP contribution < -0.4 is 5.32 Å². The van der Waals surface area contributed by atoms with Crippen molar-refractivity contribution in [1.82, 2.24) is 5.32 Å². The van der Waals surface area contributed by atoms with Crippen molar-refractivity contribution >= 4 is 11.9 Å². The average Bonchev–Trinajstić information content (AvgIpc) is 2.28. The van der Waals surface area contributed by atoms with Crippen LogP contribution in [0, 0.1) is 0 Å². The highest BCUT2D eigenvalue weighted by Crippen LogP contribution is 2.02. The van der Waals surface area contributed by atoms with Gasteiger partial charge in [-0.1, -0.05) is 30.3 Å². The van der Waals surface area contributed by atoms with Crippen LogP contribution in [0.2, 0.25) is 0 Å². The molecule has 92 valence electrons. The van der Waals surface area contributed by atoms with Crippen molar-refractivity contribution in [2.45, 2.75) is 18.9 Å². The van der Waals surface area contributed by atoms with E-state index in [-0.39, 0.29) is 18.9 Å². The van der Waals surface area contributed by atoms with Crippen molar-refractivity contribution in [2.75, 3.05) is 6.54 Å². The summed E-state index contributed by atoms with van der Waals surface area (Å²) in [6.45, 7) is 0.826. The maximum absolute atomic E-state index is 11.5. The Hall–Kier alpha value is -1.88. The number of carbonyl (C=O) groups excluding carboxylic acids is 1. The lowest BCUT2D eigenvalue weighted by Gasteiger charge is -2.18. The maximum Gasteiger partial charge on any atom is 0.337 e. The predicted octanol–water partition coefficient (Wildman–Crippen LogP) is 0.181. The fraction of sp³-hybridized carbons (Fsp3) is 0.333. The molecule has 5 nitrogen and oxygen atoms in total. The Kier molecular flexibility index (Phi) is 4.23. The van der Waals surface area contributed by atoms with E-state index in [2.05, 4.69) is 5.32 Å². The first-order valence-electron chi connectivity index (χ1n) is 5.18. The fourth-order valence-electron chi connectivity index (χ4n) is 1.19. The van der Waals surface area contributed by atoms with Crippen molar-refractivity contribution in [3.63, 3.8) is 0 Å². The number of hydrogen-bond acceptors (Lipinski definition) is 3. The monoisotopic (exact) mass is 237 g/mol. The molecular weight excluding hydrogens is 222 g/mol. The molecule has 0 fully saturated rings. The first-order chi connectivity index (χ1) is 7.92. The second kappa shape index (κ2) is 5.45. The molecule has 3 N–H and O–H groups in total. The molecule has 1 rings (SSSR count). The van der Waals surface area contributed by atoms with E-state index in [1.54, 1.807) is 12.1 Å². The standard InChI is InChI=1S/C12H15NO4/c1-12(17,11(15)16)8-13-10(14)7-9-5-3-2-4-6-9/h2-6,17H,7-8H2,1H3,(H,13,14)(H,15,16). The number of carbonyl (C=O) groups is 2. The van der Waals surface area contributed by atoms with Gasteiger partial charge in [-0.3, -0.25) is 4.79 Å². The Balaban J connectivity index is 2.44. The lowest BCUT2D eigenvalue weighted by atomic mass is 10.1.